The van der Waals surface area contributed by atoms with Crippen molar-refractivity contribution in [3.8, 4) is 5.75 Å². The van der Waals surface area contributed by atoms with Crippen molar-refractivity contribution in [1.29, 1.82) is 0 Å². The Kier molecular flexibility index (Phi) is 5.47. The number of methoxy groups -OCH3 is 1. The van der Waals surface area contributed by atoms with Gasteiger partial charge in [0.1, 0.15) is 28.8 Å². The Labute approximate surface area is 97.2 Å². The molecule has 1 atom stereocenters. The summed E-state index contributed by atoms with van der Waals surface area (Å²) in [6, 6.07) is 7.37. The van der Waals surface area contributed by atoms with Gasteiger partial charge in [0.25, 0.3) is 0 Å². The second-order valence-electron chi connectivity index (χ2n) is 2.47. The van der Waals surface area contributed by atoms with Gasteiger partial charge in [-0.1, -0.05) is 12.1 Å². The molecule has 14 heavy (non-hydrogen) atoms. The molecule has 0 N–H and O–H groups in total. The zero-order valence-electron chi connectivity index (χ0n) is 7.53. The smallest absolute Gasteiger partial charge is 0.328 e. The molecule has 0 spiro atoms. The molecule has 0 aliphatic heterocycles. The van der Waals surface area contributed by atoms with E-state index in [1.54, 1.807) is 30.1 Å². The zero-order valence-corrected chi connectivity index (χ0v) is 10.7. The SMILES string of the molecule is COc1cccc(CO[PH](=O)OI)c1. The minimum Gasteiger partial charge on any atom is -0.497 e. The maximum absolute atomic E-state index is 10.8. The van der Waals surface area contributed by atoms with Gasteiger partial charge in [-0.2, -0.15) is 0 Å². The summed E-state index contributed by atoms with van der Waals surface area (Å²) in [6.45, 7) is 0.262. The fourth-order valence-corrected chi connectivity index (χ4v) is 1.64. The first-order chi connectivity index (χ1) is 6.76. The van der Waals surface area contributed by atoms with Crippen LogP contribution in [0.1, 0.15) is 5.56 Å². The molecule has 6 heteroatoms. The third-order valence-corrected chi connectivity index (χ3v) is 3.14. The van der Waals surface area contributed by atoms with Crippen LogP contribution in [0.15, 0.2) is 24.3 Å². The van der Waals surface area contributed by atoms with E-state index in [2.05, 4.69) is 2.85 Å². The van der Waals surface area contributed by atoms with Gasteiger partial charge in [-0.25, -0.2) is 2.85 Å². The standard InChI is InChI=1S/C8H10IO4P/c1-11-8-4-2-3-7(5-8)6-12-14(10)13-9/h2-5,14H,6H2,1H3. The van der Waals surface area contributed by atoms with Crippen molar-refractivity contribution in [1.82, 2.24) is 0 Å². The van der Waals surface area contributed by atoms with E-state index in [4.69, 9.17) is 9.26 Å². The number of hydrogen-bond donors (Lipinski definition) is 0. The van der Waals surface area contributed by atoms with Crippen LogP contribution in [0, 0.1) is 0 Å². The molecule has 1 aromatic carbocycles. The predicted molar refractivity (Wildman–Crippen MR) is 61.9 cm³/mol. The molecule has 0 fully saturated rings. The number of ether oxygens (including phenoxy) is 1. The van der Waals surface area contributed by atoms with Crippen LogP contribution in [-0.4, -0.2) is 7.11 Å². The van der Waals surface area contributed by atoms with Crippen LogP contribution in [0.3, 0.4) is 0 Å². The molecule has 0 aliphatic rings. The summed E-state index contributed by atoms with van der Waals surface area (Å²) in [5.41, 5.74) is 0.899. The van der Waals surface area contributed by atoms with E-state index >= 15 is 0 Å². The fourth-order valence-electron chi connectivity index (χ4n) is 0.927. The molecule has 78 valence electrons. The quantitative estimate of drug-likeness (QED) is 0.616. The monoisotopic (exact) mass is 328 g/mol. The van der Waals surface area contributed by atoms with Crippen LogP contribution >= 0.6 is 31.3 Å². The molecular weight excluding hydrogens is 318 g/mol. The van der Waals surface area contributed by atoms with Crippen molar-refractivity contribution in [2.75, 3.05) is 7.11 Å². The van der Waals surface area contributed by atoms with Gasteiger partial charge in [-0.05, 0) is 17.7 Å². The van der Waals surface area contributed by atoms with Crippen molar-refractivity contribution in [3.63, 3.8) is 0 Å². The van der Waals surface area contributed by atoms with Crippen LogP contribution in [0.4, 0.5) is 0 Å². The lowest BCUT2D eigenvalue weighted by atomic mass is 10.2. The van der Waals surface area contributed by atoms with Gasteiger partial charge in [0, 0.05) is 0 Å². The van der Waals surface area contributed by atoms with Gasteiger partial charge in [-0.3, -0.25) is 4.57 Å². The van der Waals surface area contributed by atoms with Crippen molar-refractivity contribution < 1.29 is 16.7 Å². The molecule has 1 aromatic rings. The van der Waals surface area contributed by atoms with Gasteiger partial charge >= 0.3 is 8.25 Å². The second kappa shape index (κ2) is 6.40. The summed E-state index contributed by atoms with van der Waals surface area (Å²) in [5.74, 6) is 0.751. The lowest BCUT2D eigenvalue weighted by Gasteiger charge is -2.04. The Bertz CT molecular complexity index is 318. The lowest BCUT2D eigenvalue weighted by molar-refractivity contribution is 0.289. The van der Waals surface area contributed by atoms with E-state index in [1.807, 2.05) is 24.3 Å². The van der Waals surface area contributed by atoms with Crippen LogP contribution < -0.4 is 4.74 Å². The molecule has 0 heterocycles. The molecular formula is C8H10IO4P. The minimum absolute atomic E-state index is 0.262. The minimum atomic E-state index is -2.35. The van der Waals surface area contributed by atoms with E-state index < -0.39 is 8.25 Å². The molecule has 1 rings (SSSR count). The largest absolute Gasteiger partial charge is 0.497 e. The van der Waals surface area contributed by atoms with Crippen LogP contribution in [-0.2, 0) is 18.5 Å². The van der Waals surface area contributed by atoms with E-state index in [-0.39, 0.29) is 6.61 Å². The van der Waals surface area contributed by atoms with Gasteiger partial charge < -0.3 is 9.26 Å². The zero-order chi connectivity index (χ0) is 10.4. The molecule has 4 nitrogen and oxygen atoms in total. The number of benzene rings is 1. The van der Waals surface area contributed by atoms with E-state index in [1.165, 1.54) is 0 Å². The van der Waals surface area contributed by atoms with Crippen molar-refractivity contribution in [2.45, 2.75) is 6.61 Å². The van der Waals surface area contributed by atoms with E-state index in [9.17, 15) is 4.57 Å². The Morgan fingerprint density at radius 3 is 2.93 bits per heavy atom. The maximum Gasteiger partial charge on any atom is 0.328 e. The van der Waals surface area contributed by atoms with Gasteiger partial charge in [0.15, 0.2) is 0 Å². The summed E-state index contributed by atoms with van der Waals surface area (Å²) in [4.78, 5) is 0. The summed E-state index contributed by atoms with van der Waals surface area (Å²) in [6.07, 6.45) is 0. The third kappa shape index (κ3) is 3.96. The van der Waals surface area contributed by atoms with Crippen molar-refractivity contribution in [2.24, 2.45) is 0 Å². The topological polar surface area (TPSA) is 44.8 Å². The summed E-state index contributed by atoms with van der Waals surface area (Å²) in [5, 5.41) is 0. The predicted octanol–water partition coefficient (Wildman–Crippen LogP) is 2.97. The van der Waals surface area contributed by atoms with Crippen LogP contribution in [0.25, 0.3) is 0 Å². The van der Waals surface area contributed by atoms with Crippen LogP contribution in [0.2, 0.25) is 0 Å². The highest BCUT2D eigenvalue weighted by molar-refractivity contribution is 14.1. The van der Waals surface area contributed by atoms with E-state index in [0.717, 1.165) is 11.3 Å². The molecule has 1 unspecified atom stereocenters. The first-order valence-electron chi connectivity index (χ1n) is 3.84. The Hall–Kier alpha value is -0.100. The molecule has 0 saturated heterocycles. The third-order valence-electron chi connectivity index (χ3n) is 1.55. The summed E-state index contributed by atoms with van der Waals surface area (Å²) >= 11 is 1.55. The molecule has 0 aromatic heterocycles. The summed E-state index contributed by atoms with van der Waals surface area (Å²) in [7, 11) is -0.756. The molecule has 0 radical (unpaired) electrons. The number of rotatable bonds is 5. The van der Waals surface area contributed by atoms with Gasteiger partial charge in [0.05, 0.1) is 13.7 Å². The molecule has 0 bridgehead atoms. The van der Waals surface area contributed by atoms with Crippen LogP contribution in [0.5, 0.6) is 5.75 Å². The molecule has 0 aliphatic carbocycles. The first kappa shape index (κ1) is 12.0. The molecule has 0 saturated carbocycles. The average molecular weight is 328 g/mol. The second-order valence-corrected chi connectivity index (χ2v) is 4.73. The Morgan fingerprint density at radius 1 is 1.50 bits per heavy atom. The normalized spacial score (nSPS) is 12.4. The number of hydrogen-bond acceptors (Lipinski definition) is 4. The van der Waals surface area contributed by atoms with E-state index in [0.29, 0.717) is 0 Å². The highest BCUT2D eigenvalue weighted by Gasteiger charge is 2.00. The van der Waals surface area contributed by atoms with Crippen molar-refractivity contribution in [3.05, 3.63) is 29.8 Å². The maximum atomic E-state index is 10.8. The lowest BCUT2D eigenvalue weighted by Crippen LogP contribution is -1.88. The highest BCUT2D eigenvalue weighted by atomic mass is 127. The fraction of sp³-hybridized carbons (Fsp3) is 0.250. The van der Waals surface area contributed by atoms with Gasteiger partial charge in [0.2, 0.25) is 0 Å². The average Bonchev–Trinajstić information content (AvgIpc) is 2.26. The summed E-state index contributed by atoms with van der Waals surface area (Å²) < 4.78 is 25.3. The first-order valence-corrected chi connectivity index (χ1v) is 5.95. The Balaban J connectivity index is 2.54. The van der Waals surface area contributed by atoms with Crippen molar-refractivity contribution >= 4 is 31.3 Å². The number of halogens is 1. The molecule has 0 amide bonds. The highest BCUT2D eigenvalue weighted by Crippen LogP contribution is 2.28. The van der Waals surface area contributed by atoms with Gasteiger partial charge in [-0.15, -0.1) is 0 Å². The Morgan fingerprint density at radius 2 is 2.29 bits per heavy atom.